The summed E-state index contributed by atoms with van der Waals surface area (Å²) < 4.78 is 6.01. The van der Waals surface area contributed by atoms with Gasteiger partial charge in [0.15, 0.2) is 0 Å². The van der Waals surface area contributed by atoms with Gasteiger partial charge < -0.3 is 15.0 Å². The predicted octanol–water partition coefficient (Wildman–Crippen LogP) is 4.80. The highest BCUT2D eigenvalue weighted by Gasteiger charge is 2.08. The highest BCUT2D eigenvalue weighted by atomic mass is 16.5. The van der Waals surface area contributed by atoms with Crippen LogP contribution in [-0.4, -0.2) is 25.7 Å². The molecule has 2 aromatic carbocycles. The molecular formula is C20H28N2O. The van der Waals surface area contributed by atoms with E-state index in [0.717, 1.165) is 37.5 Å². The molecule has 0 saturated heterocycles. The maximum atomic E-state index is 6.01. The Morgan fingerprint density at radius 3 is 2.13 bits per heavy atom. The Bertz CT molecular complexity index is 550. The summed E-state index contributed by atoms with van der Waals surface area (Å²) in [7, 11) is 0. The Morgan fingerprint density at radius 2 is 1.57 bits per heavy atom. The van der Waals surface area contributed by atoms with E-state index in [2.05, 4.69) is 55.3 Å². The maximum absolute atomic E-state index is 6.01. The molecule has 2 aromatic rings. The van der Waals surface area contributed by atoms with Gasteiger partial charge in [-0.1, -0.05) is 25.1 Å². The zero-order valence-corrected chi connectivity index (χ0v) is 14.5. The van der Waals surface area contributed by atoms with Crippen molar-refractivity contribution in [1.82, 2.24) is 0 Å². The van der Waals surface area contributed by atoms with Gasteiger partial charge in [0.1, 0.15) is 11.9 Å². The van der Waals surface area contributed by atoms with Gasteiger partial charge in [0.25, 0.3) is 0 Å². The molecule has 1 atom stereocenters. The van der Waals surface area contributed by atoms with Crippen LogP contribution >= 0.6 is 0 Å². The van der Waals surface area contributed by atoms with Crippen molar-refractivity contribution in [3.8, 4) is 5.75 Å². The van der Waals surface area contributed by atoms with Gasteiger partial charge in [0.2, 0.25) is 0 Å². The van der Waals surface area contributed by atoms with Crippen LogP contribution in [0.5, 0.6) is 5.75 Å². The van der Waals surface area contributed by atoms with Gasteiger partial charge in [-0.3, -0.25) is 0 Å². The lowest BCUT2D eigenvalue weighted by Gasteiger charge is -2.22. The molecule has 0 heterocycles. The summed E-state index contributed by atoms with van der Waals surface area (Å²) in [4.78, 5) is 2.34. The SMILES string of the molecule is CCC(CNc1ccc(N(CC)CC)cc1)Oc1ccccc1. The molecule has 0 spiro atoms. The van der Waals surface area contributed by atoms with Crippen molar-refractivity contribution in [3.05, 3.63) is 54.6 Å². The van der Waals surface area contributed by atoms with Gasteiger partial charge in [-0.25, -0.2) is 0 Å². The molecule has 1 N–H and O–H groups in total. The fourth-order valence-corrected chi connectivity index (χ4v) is 2.57. The molecule has 0 aliphatic rings. The van der Waals surface area contributed by atoms with E-state index in [1.165, 1.54) is 5.69 Å². The predicted molar refractivity (Wildman–Crippen MR) is 99.6 cm³/mol. The number of nitrogens with one attached hydrogen (secondary N) is 1. The number of hydrogen-bond donors (Lipinski definition) is 1. The summed E-state index contributed by atoms with van der Waals surface area (Å²) in [6, 6.07) is 18.6. The van der Waals surface area contributed by atoms with E-state index < -0.39 is 0 Å². The van der Waals surface area contributed by atoms with Gasteiger partial charge in [-0.2, -0.15) is 0 Å². The molecule has 0 saturated carbocycles. The molecule has 0 aliphatic heterocycles. The lowest BCUT2D eigenvalue weighted by atomic mass is 10.2. The van der Waals surface area contributed by atoms with E-state index in [4.69, 9.17) is 4.74 Å². The summed E-state index contributed by atoms with van der Waals surface area (Å²) in [5.41, 5.74) is 2.41. The van der Waals surface area contributed by atoms with E-state index in [9.17, 15) is 0 Å². The first-order valence-electron chi connectivity index (χ1n) is 8.57. The molecule has 0 amide bonds. The fraction of sp³-hybridized carbons (Fsp3) is 0.400. The first-order valence-corrected chi connectivity index (χ1v) is 8.57. The second kappa shape index (κ2) is 9.09. The third kappa shape index (κ3) is 5.20. The first-order chi connectivity index (χ1) is 11.3. The Kier molecular flexibility index (Phi) is 6.79. The Labute approximate surface area is 140 Å². The van der Waals surface area contributed by atoms with Crippen molar-refractivity contribution in [1.29, 1.82) is 0 Å². The van der Waals surface area contributed by atoms with E-state index in [-0.39, 0.29) is 6.10 Å². The number of ether oxygens (including phenoxy) is 1. The fourth-order valence-electron chi connectivity index (χ4n) is 2.57. The molecular weight excluding hydrogens is 284 g/mol. The average Bonchev–Trinajstić information content (AvgIpc) is 2.61. The first kappa shape index (κ1) is 17.2. The minimum atomic E-state index is 0.167. The van der Waals surface area contributed by atoms with Gasteiger partial charge in [0, 0.05) is 24.5 Å². The van der Waals surface area contributed by atoms with E-state index in [1.807, 2.05) is 30.3 Å². The van der Waals surface area contributed by atoms with E-state index in [0.29, 0.717) is 0 Å². The topological polar surface area (TPSA) is 24.5 Å². The molecule has 3 heteroatoms. The standard InChI is InChI=1S/C20H28N2O/c1-4-19(23-20-10-8-7-9-11-20)16-21-17-12-14-18(15-13-17)22(5-2)6-3/h7-15,19,21H,4-6,16H2,1-3H3. The molecule has 124 valence electrons. The number of benzene rings is 2. The smallest absolute Gasteiger partial charge is 0.119 e. The zero-order chi connectivity index (χ0) is 16.5. The number of nitrogens with zero attached hydrogens (tertiary/aromatic N) is 1. The van der Waals surface area contributed by atoms with Crippen molar-refractivity contribution >= 4 is 11.4 Å². The molecule has 0 radical (unpaired) electrons. The number of rotatable bonds is 9. The zero-order valence-electron chi connectivity index (χ0n) is 14.5. The minimum absolute atomic E-state index is 0.167. The van der Waals surface area contributed by atoms with Crippen LogP contribution < -0.4 is 15.0 Å². The van der Waals surface area contributed by atoms with Gasteiger partial charge in [0.05, 0.1) is 6.54 Å². The van der Waals surface area contributed by atoms with Crippen LogP contribution in [0.1, 0.15) is 27.2 Å². The monoisotopic (exact) mass is 312 g/mol. The average molecular weight is 312 g/mol. The van der Waals surface area contributed by atoms with Crippen LogP contribution in [0.15, 0.2) is 54.6 Å². The molecule has 2 rings (SSSR count). The van der Waals surface area contributed by atoms with Crippen molar-refractivity contribution < 1.29 is 4.74 Å². The quantitative estimate of drug-likeness (QED) is 0.719. The Morgan fingerprint density at radius 1 is 0.913 bits per heavy atom. The van der Waals surface area contributed by atoms with Gasteiger partial charge in [-0.05, 0) is 56.7 Å². The van der Waals surface area contributed by atoms with Crippen molar-refractivity contribution in [2.24, 2.45) is 0 Å². The summed E-state index contributed by atoms with van der Waals surface area (Å²) in [6.45, 7) is 9.39. The van der Waals surface area contributed by atoms with Crippen molar-refractivity contribution in [3.63, 3.8) is 0 Å². The van der Waals surface area contributed by atoms with Crippen LogP contribution in [-0.2, 0) is 0 Å². The molecule has 3 nitrogen and oxygen atoms in total. The van der Waals surface area contributed by atoms with Gasteiger partial charge >= 0.3 is 0 Å². The van der Waals surface area contributed by atoms with Crippen LogP contribution in [0.3, 0.4) is 0 Å². The highest BCUT2D eigenvalue weighted by molar-refractivity contribution is 5.55. The number of para-hydroxylation sites is 1. The summed E-state index contributed by atoms with van der Waals surface area (Å²) in [5, 5.41) is 3.47. The van der Waals surface area contributed by atoms with Crippen molar-refractivity contribution in [2.75, 3.05) is 29.9 Å². The normalized spacial score (nSPS) is 11.8. The van der Waals surface area contributed by atoms with E-state index >= 15 is 0 Å². The second-order valence-electron chi connectivity index (χ2n) is 5.56. The number of hydrogen-bond acceptors (Lipinski definition) is 3. The van der Waals surface area contributed by atoms with Crippen LogP contribution in [0, 0.1) is 0 Å². The Balaban J connectivity index is 1.88. The molecule has 23 heavy (non-hydrogen) atoms. The van der Waals surface area contributed by atoms with Crippen LogP contribution in [0.4, 0.5) is 11.4 Å². The lowest BCUT2D eigenvalue weighted by molar-refractivity contribution is 0.210. The van der Waals surface area contributed by atoms with Crippen LogP contribution in [0.25, 0.3) is 0 Å². The largest absolute Gasteiger partial charge is 0.489 e. The molecule has 0 aliphatic carbocycles. The third-order valence-corrected chi connectivity index (χ3v) is 4.03. The number of anilines is 2. The third-order valence-electron chi connectivity index (χ3n) is 4.03. The summed E-state index contributed by atoms with van der Waals surface area (Å²) in [6.07, 6.45) is 1.14. The van der Waals surface area contributed by atoms with E-state index in [1.54, 1.807) is 0 Å². The van der Waals surface area contributed by atoms with Crippen LogP contribution in [0.2, 0.25) is 0 Å². The molecule has 0 bridgehead atoms. The Hall–Kier alpha value is -2.16. The van der Waals surface area contributed by atoms with Crippen molar-refractivity contribution in [2.45, 2.75) is 33.3 Å². The summed E-state index contributed by atoms with van der Waals surface area (Å²) in [5.74, 6) is 0.929. The lowest BCUT2D eigenvalue weighted by Crippen LogP contribution is -2.25. The minimum Gasteiger partial charge on any atom is -0.489 e. The van der Waals surface area contributed by atoms with Gasteiger partial charge in [-0.15, -0.1) is 0 Å². The maximum Gasteiger partial charge on any atom is 0.119 e. The summed E-state index contributed by atoms with van der Waals surface area (Å²) >= 11 is 0. The molecule has 0 aromatic heterocycles. The molecule has 1 unspecified atom stereocenters. The highest BCUT2D eigenvalue weighted by Crippen LogP contribution is 2.18. The molecule has 0 fully saturated rings. The second-order valence-corrected chi connectivity index (χ2v) is 5.56.